The molecule has 3 nitrogen and oxygen atoms in total. The zero-order valence-electron chi connectivity index (χ0n) is 11.0. The molecule has 0 saturated heterocycles. The van der Waals surface area contributed by atoms with Crippen molar-refractivity contribution in [3.05, 3.63) is 17.5 Å². The molecule has 1 rings (SSSR count). The standard InChI is InChI=1S/C13H23N3/c1-6-12(7-2)11(5)16-13-14-9(3)8-10(4)15-13/h8,11-12H,6-7H2,1-5H3,(H,14,15,16). The van der Waals surface area contributed by atoms with E-state index in [1.807, 2.05) is 19.9 Å². The fourth-order valence-corrected chi connectivity index (χ4v) is 2.11. The van der Waals surface area contributed by atoms with Gasteiger partial charge in [-0.1, -0.05) is 26.7 Å². The van der Waals surface area contributed by atoms with Gasteiger partial charge in [-0.15, -0.1) is 0 Å². The van der Waals surface area contributed by atoms with Crippen molar-refractivity contribution in [1.29, 1.82) is 0 Å². The monoisotopic (exact) mass is 221 g/mol. The van der Waals surface area contributed by atoms with E-state index in [9.17, 15) is 0 Å². The number of nitrogens with zero attached hydrogens (tertiary/aromatic N) is 2. The predicted octanol–water partition coefficient (Wildman–Crippen LogP) is 3.33. The van der Waals surface area contributed by atoms with Crippen LogP contribution in [0.2, 0.25) is 0 Å². The van der Waals surface area contributed by atoms with E-state index in [1.54, 1.807) is 0 Å². The van der Waals surface area contributed by atoms with E-state index in [1.165, 1.54) is 12.8 Å². The molecule has 1 atom stereocenters. The second kappa shape index (κ2) is 5.83. The van der Waals surface area contributed by atoms with Crippen molar-refractivity contribution in [2.45, 2.75) is 53.5 Å². The molecule has 16 heavy (non-hydrogen) atoms. The Labute approximate surface area is 98.7 Å². The number of hydrogen-bond donors (Lipinski definition) is 1. The van der Waals surface area contributed by atoms with E-state index in [0.717, 1.165) is 17.3 Å². The van der Waals surface area contributed by atoms with Crippen molar-refractivity contribution in [3.8, 4) is 0 Å². The summed E-state index contributed by atoms with van der Waals surface area (Å²) in [5.74, 6) is 1.45. The molecule has 1 unspecified atom stereocenters. The van der Waals surface area contributed by atoms with Crippen molar-refractivity contribution in [3.63, 3.8) is 0 Å². The van der Waals surface area contributed by atoms with Gasteiger partial charge in [0, 0.05) is 17.4 Å². The van der Waals surface area contributed by atoms with Gasteiger partial charge >= 0.3 is 0 Å². The van der Waals surface area contributed by atoms with E-state index in [-0.39, 0.29) is 0 Å². The Morgan fingerprint density at radius 2 is 1.62 bits per heavy atom. The molecule has 1 aromatic heterocycles. The lowest BCUT2D eigenvalue weighted by molar-refractivity contribution is 0.436. The fourth-order valence-electron chi connectivity index (χ4n) is 2.11. The highest BCUT2D eigenvalue weighted by Crippen LogP contribution is 2.16. The molecule has 0 radical (unpaired) electrons. The van der Waals surface area contributed by atoms with E-state index in [4.69, 9.17) is 0 Å². The Bertz CT molecular complexity index is 312. The van der Waals surface area contributed by atoms with Gasteiger partial charge in [-0.3, -0.25) is 0 Å². The van der Waals surface area contributed by atoms with Crippen LogP contribution in [0.4, 0.5) is 5.95 Å². The summed E-state index contributed by atoms with van der Waals surface area (Å²) in [6.07, 6.45) is 2.38. The maximum atomic E-state index is 4.40. The molecule has 0 saturated carbocycles. The summed E-state index contributed by atoms with van der Waals surface area (Å²) in [7, 11) is 0. The maximum Gasteiger partial charge on any atom is 0.223 e. The summed E-state index contributed by atoms with van der Waals surface area (Å²) in [4.78, 5) is 8.81. The number of anilines is 1. The van der Waals surface area contributed by atoms with E-state index in [0.29, 0.717) is 12.0 Å². The molecule has 1 aromatic rings. The minimum Gasteiger partial charge on any atom is -0.351 e. The zero-order chi connectivity index (χ0) is 12.1. The molecule has 0 fully saturated rings. The van der Waals surface area contributed by atoms with Crippen LogP contribution in [-0.2, 0) is 0 Å². The molecule has 0 amide bonds. The second-order valence-corrected chi connectivity index (χ2v) is 4.48. The number of hydrogen-bond acceptors (Lipinski definition) is 3. The number of aromatic nitrogens is 2. The molecule has 1 N–H and O–H groups in total. The summed E-state index contributed by atoms with van der Waals surface area (Å²) in [5, 5.41) is 3.40. The third-order valence-corrected chi connectivity index (χ3v) is 3.09. The molecule has 0 aromatic carbocycles. The molecule has 1 heterocycles. The summed E-state index contributed by atoms with van der Waals surface area (Å²) in [6.45, 7) is 10.7. The van der Waals surface area contributed by atoms with Gasteiger partial charge in [-0.25, -0.2) is 9.97 Å². The van der Waals surface area contributed by atoms with Crippen molar-refractivity contribution in [2.75, 3.05) is 5.32 Å². The van der Waals surface area contributed by atoms with Crippen LogP contribution in [0.5, 0.6) is 0 Å². The summed E-state index contributed by atoms with van der Waals surface area (Å²) in [5.41, 5.74) is 2.04. The fraction of sp³-hybridized carbons (Fsp3) is 0.692. The highest BCUT2D eigenvalue weighted by Gasteiger charge is 2.14. The molecule has 0 aliphatic rings. The van der Waals surface area contributed by atoms with Gasteiger partial charge < -0.3 is 5.32 Å². The lowest BCUT2D eigenvalue weighted by Crippen LogP contribution is -2.26. The van der Waals surface area contributed by atoms with Crippen LogP contribution >= 0.6 is 0 Å². The molecule has 0 bridgehead atoms. The average molecular weight is 221 g/mol. The van der Waals surface area contributed by atoms with Crippen LogP contribution in [-0.4, -0.2) is 16.0 Å². The summed E-state index contributed by atoms with van der Waals surface area (Å²) in [6, 6.07) is 2.42. The Kier molecular flexibility index (Phi) is 4.71. The summed E-state index contributed by atoms with van der Waals surface area (Å²) >= 11 is 0. The van der Waals surface area contributed by atoms with E-state index < -0.39 is 0 Å². The number of aryl methyl sites for hydroxylation is 2. The number of rotatable bonds is 5. The van der Waals surface area contributed by atoms with Gasteiger partial charge in [-0.2, -0.15) is 0 Å². The Morgan fingerprint density at radius 3 is 2.06 bits per heavy atom. The second-order valence-electron chi connectivity index (χ2n) is 4.48. The number of nitrogens with one attached hydrogen (secondary N) is 1. The SMILES string of the molecule is CCC(CC)C(C)Nc1nc(C)cc(C)n1. The predicted molar refractivity (Wildman–Crippen MR) is 68.7 cm³/mol. The van der Waals surface area contributed by atoms with Crippen molar-refractivity contribution in [2.24, 2.45) is 5.92 Å². The first-order valence-corrected chi connectivity index (χ1v) is 6.15. The van der Waals surface area contributed by atoms with Gasteiger partial charge in [0.1, 0.15) is 0 Å². The Hall–Kier alpha value is -1.12. The third-order valence-electron chi connectivity index (χ3n) is 3.09. The highest BCUT2D eigenvalue weighted by atomic mass is 15.1. The zero-order valence-corrected chi connectivity index (χ0v) is 11.0. The Morgan fingerprint density at radius 1 is 1.12 bits per heavy atom. The van der Waals surface area contributed by atoms with Crippen LogP contribution < -0.4 is 5.32 Å². The first kappa shape index (κ1) is 12.9. The molecule has 90 valence electrons. The smallest absolute Gasteiger partial charge is 0.223 e. The first-order valence-electron chi connectivity index (χ1n) is 6.15. The quantitative estimate of drug-likeness (QED) is 0.828. The molecule has 0 aliphatic carbocycles. The van der Waals surface area contributed by atoms with Gasteiger partial charge in [0.25, 0.3) is 0 Å². The van der Waals surface area contributed by atoms with Crippen LogP contribution in [0.15, 0.2) is 6.07 Å². The molecule has 0 spiro atoms. The molecular formula is C13H23N3. The van der Waals surface area contributed by atoms with Gasteiger partial charge in [0.2, 0.25) is 5.95 Å². The largest absolute Gasteiger partial charge is 0.351 e. The van der Waals surface area contributed by atoms with E-state index >= 15 is 0 Å². The first-order chi connectivity index (χ1) is 7.56. The topological polar surface area (TPSA) is 37.8 Å². The van der Waals surface area contributed by atoms with Gasteiger partial charge in [0.05, 0.1) is 0 Å². The van der Waals surface area contributed by atoms with E-state index in [2.05, 4.69) is 36.1 Å². The van der Waals surface area contributed by atoms with Crippen molar-refractivity contribution in [1.82, 2.24) is 9.97 Å². The van der Waals surface area contributed by atoms with Crippen LogP contribution in [0.1, 0.15) is 45.0 Å². The van der Waals surface area contributed by atoms with Crippen molar-refractivity contribution >= 4 is 5.95 Å². The molecule has 3 heteroatoms. The minimum absolute atomic E-state index is 0.427. The molecule has 0 aliphatic heterocycles. The third kappa shape index (κ3) is 3.47. The molecular weight excluding hydrogens is 198 g/mol. The normalized spacial score (nSPS) is 12.9. The Balaban J connectivity index is 2.72. The van der Waals surface area contributed by atoms with Crippen molar-refractivity contribution < 1.29 is 0 Å². The minimum atomic E-state index is 0.427. The lowest BCUT2D eigenvalue weighted by Gasteiger charge is -2.22. The van der Waals surface area contributed by atoms with Gasteiger partial charge in [-0.05, 0) is 32.8 Å². The average Bonchev–Trinajstić information content (AvgIpc) is 2.17. The highest BCUT2D eigenvalue weighted by molar-refractivity contribution is 5.28. The maximum absolute atomic E-state index is 4.40. The summed E-state index contributed by atoms with van der Waals surface area (Å²) < 4.78 is 0. The van der Waals surface area contributed by atoms with Gasteiger partial charge in [0.15, 0.2) is 0 Å². The van der Waals surface area contributed by atoms with Crippen LogP contribution in [0.25, 0.3) is 0 Å². The van der Waals surface area contributed by atoms with Crippen LogP contribution in [0, 0.1) is 19.8 Å². The lowest BCUT2D eigenvalue weighted by atomic mass is 9.96. The van der Waals surface area contributed by atoms with Crippen LogP contribution in [0.3, 0.4) is 0 Å².